The van der Waals surface area contributed by atoms with Crippen LogP contribution in [0.4, 0.5) is 0 Å². The number of likely N-dealkylation sites (N-methyl/N-ethyl adjacent to an activating group) is 1. The number of benzene rings is 1. The maximum absolute atomic E-state index is 13.4. The van der Waals surface area contributed by atoms with E-state index in [1.807, 2.05) is 39.0 Å². The van der Waals surface area contributed by atoms with Crippen molar-refractivity contribution >= 4 is 21.1 Å². The molecule has 0 aliphatic heterocycles. The molecule has 0 saturated heterocycles. The molecule has 3 rings (SSSR count). The lowest BCUT2D eigenvalue weighted by Gasteiger charge is -2.31. The molecule has 0 fully saturated rings. The topological polar surface area (TPSA) is 88.2 Å². The third-order valence-electron chi connectivity index (χ3n) is 5.47. The summed E-state index contributed by atoms with van der Waals surface area (Å²) in [5, 5.41) is 0. The Labute approximate surface area is 191 Å². The number of aromatic amines is 1. The van der Waals surface area contributed by atoms with Crippen LogP contribution in [-0.4, -0.2) is 53.5 Å². The third kappa shape index (κ3) is 5.54. The molecule has 0 aliphatic rings. The Morgan fingerprint density at radius 3 is 2.47 bits per heavy atom. The Morgan fingerprint density at radius 2 is 1.84 bits per heavy atom. The van der Waals surface area contributed by atoms with Crippen LogP contribution in [-0.2, 0) is 21.2 Å². The summed E-state index contributed by atoms with van der Waals surface area (Å²) in [6.45, 7) is 11.3. The number of ether oxygens (including phenoxy) is 1. The lowest BCUT2D eigenvalue weighted by Crippen LogP contribution is -2.43. The lowest BCUT2D eigenvalue weighted by molar-refractivity contribution is 0.0901. The molecule has 0 unspecified atom stereocenters. The van der Waals surface area contributed by atoms with Gasteiger partial charge in [0, 0.05) is 31.8 Å². The average molecular weight is 459 g/mol. The van der Waals surface area contributed by atoms with Gasteiger partial charge in [-0.2, -0.15) is 4.31 Å². The third-order valence-corrected chi connectivity index (χ3v) is 7.52. The predicted octanol–water partition coefficient (Wildman–Crippen LogP) is 4.32. The summed E-state index contributed by atoms with van der Waals surface area (Å²) in [6, 6.07) is 8.83. The Bertz CT molecular complexity index is 1120. The van der Waals surface area contributed by atoms with Crippen LogP contribution in [0.25, 0.3) is 11.0 Å². The molecule has 3 aromatic rings. The Morgan fingerprint density at radius 1 is 1.12 bits per heavy atom. The zero-order valence-electron chi connectivity index (χ0n) is 19.6. The number of nitrogens with zero attached hydrogens (tertiary/aromatic N) is 3. The maximum atomic E-state index is 13.4. The largest absolute Gasteiger partial charge is 0.380 e. The minimum absolute atomic E-state index is 0.186. The van der Waals surface area contributed by atoms with Crippen LogP contribution in [0.2, 0.25) is 0 Å². The van der Waals surface area contributed by atoms with Gasteiger partial charge in [0.25, 0.3) is 0 Å². The highest BCUT2D eigenvalue weighted by atomic mass is 32.2. The van der Waals surface area contributed by atoms with Crippen LogP contribution < -0.4 is 0 Å². The van der Waals surface area contributed by atoms with E-state index in [1.165, 1.54) is 0 Å². The zero-order chi connectivity index (χ0) is 23.3. The number of sulfonamides is 1. The monoisotopic (exact) mass is 458 g/mol. The summed E-state index contributed by atoms with van der Waals surface area (Å²) < 4.78 is 34.1. The molecule has 1 N–H and O–H groups in total. The van der Waals surface area contributed by atoms with Gasteiger partial charge < -0.3 is 9.72 Å². The van der Waals surface area contributed by atoms with E-state index < -0.39 is 10.0 Å². The summed E-state index contributed by atoms with van der Waals surface area (Å²) in [4.78, 5) is 12.5. The van der Waals surface area contributed by atoms with Crippen molar-refractivity contribution in [2.45, 2.75) is 58.4 Å². The van der Waals surface area contributed by atoms with E-state index in [1.54, 1.807) is 22.6 Å². The summed E-state index contributed by atoms with van der Waals surface area (Å²) in [5.74, 6) is 1.21. The molecule has 1 atom stereocenters. The first-order valence-electron chi connectivity index (χ1n) is 11.2. The van der Waals surface area contributed by atoms with Crippen molar-refractivity contribution in [3.8, 4) is 0 Å². The van der Waals surface area contributed by atoms with Gasteiger partial charge in [-0.15, -0.1) is 0 Å². The lowest BCUT2D eigenvalue weighted by atomic mass is 10.0. The van der Waals surface area contributed by atoms with Gasteiger partial charge in [-0.3, -0.25) is 4.98 Å². The predicted molar refractivity (Wildman–Crippen MR) is 127 cm³/mol. The van der Waals surface area contributed by atoms with E-state index in [2.05, 4.69) is 28.8 Å². The number of imidazole rings is 1. The van der Waals surface area contributed by atoms with Gasteiger partial charge in [-0.25, -0.2) is 13.4 Å². The summed E-state index contributed by atoms with van der Waals surface area (Å²) in [6.07, 6.45) is 3.10. The maximum Gasteiger partial charge on any atom is 0.243 e. The number of aryl methyl sites for hydroxylation is 1. The Kier molecular flexibility index (Phi) is 8.03. The van der Waals surface area contributed by atoms with Crippen molar-refractivity contribution in [1.82, 2.24) is 19.3 Å². The van der Waals surface area contributed by atoms with Gasteiger partial charge in [0.05, 0.1) is 22.7 Å². The molecule has 8 heteroatoms. The van der Waals surface area contributed by atoms with Gasteiger partial charge in [0.15, 0.2) is 0 Å². The molecule has 2 heterocycles. The van der Waals surface area contributed by atoms with Crippen molar-refractivity contribution in [1.29, 1.82) is 0 Å². The normalized spacial score (nSPS) is 13.3. The van der Waals surface area contributed by atoms with Gasteiger partial charge in [0.2, 0.25) is 10.0 Å². The summed E-state index contributed by atoms with van der Waals surface area (Å²) in [7, 11) is -3.63. The number of pyridine rings is 1. The van der Waals surface area contributed by atoms with Crippen molar-refractivity contribution in [2.24, 2.45) is 5.92 Å². The number of hydrogen-bond donors (Lipinski definition) is 1. The van der Waals surface area contributed by atoms with E-state index in [9.17, 15) is 8.42 Å². The second-order valence-corrected chi connectivity index (χ2v) is 10.3. The number of aromatic nitrogens is 3. The van der Waals surface area contributed by atoms with Crippen LogP contribution in [0.15, 0.2) is 41.4 Å². The highest BCUT2D eigenvalue weighted by Crippen LogP contribution is 2.24. The Hall–Kier alpha value is -2.29. The van der Waals surface area contributed by atoms with Gasteiger partial charge in [-0.1, -0.05) is 32.9 Å². The summed E-state index contributed by atoms with van der Waals surface area (Å²) in [5.41, 5.74) is 3.66. The van der Waals surface area contributed by atoms with Gasteiger partial charge >= 0.3 is 0 Å². The highest BCUT2D eigenvalue weighted by Gasteiger charge is 2.30. The van der Waals surface area contributed by atoms with Crippen LogP contribution in [0, 0.1) is 12.8 Å². The van der Waals surface area contributed by atoms with E-state index >= 15 is 0 Å². The number of fused-ring (bicyclic) bond motifs is 1. The van der Waals surface area contributed by atoms with Gasteiger partial charge in [-0.05, 0) is 49.9 Å². The first-order valence-corrected chi connectivity index (χ1v) is 12.7. The van der Waals surface area contributed by atoms with Crippen LogP contribution in [0.3, 0.4) is 0 Å². The zero-order valence-corrected chi connectivity index (χ0v) is 20.4. The fourth-order valence-electron chi connectivity index (χ4n) is 4.04. The molecule has 0 spiro atoms. The highest BCUT2D eigenvalue weighted by molar-refractivity contribution is 7.89. The van der Waals surface area contributed by atoms with E-state index in [0.29, 0.717) is 37.0 Å². The molecule has 7 nitrogen and oxygen atoms in total. The first kappa shape index (κ1) is 24.4. The molecular weight excluding hydrogens is 424 g/mol. The number of nitrogens with one attached hydrogen (secondary N) is 1. The fraction of sp³-hybridized carbons (Fsp3) is 0.500. The van der Waals surface area contributed by atoms with Crippen molar-refractivity contribution in [3.05, 3.63) is 53.6 Å². The number of H-pyrrole nitrogens is 1. The minimum Gasteiger partial charge on any atom is -0.380 e. The molecule has 0 radical (unpaired) electrons. The molecule has 174 valence electrons. The number of hydrogen-bond acceptors (Lipinski definition) is 5. The smallest absolute Gasteiger partial charge is 0.243 e. The van der Waals surface area contributed by atoms with E-state index in [-0.39, 0.29) is 6.04 Å². The standard InChI is InChI=1S/C24H34N4O3S/c1-6-28(20(14-17(3)4)16-31-7-2)32(29,30)21-10-8-19(9-11-21)15-23-24-22(12-13-25-23)26-18(5)27-24/h8-13,17,20H,6-7,14-16H2,1-5H3,(H,26,27)/t20-/m0/s1. The summed E-state index contributed by atoms with van der Waals surface area (Å²) >= 11 is 0. The van der Waals surface area contributed by atoms with Crippen molar-refractivity contribution in [3.63, 3.8) is 0 Å². The molecule has 0 bridgehead atoms. The molecule has 1 aromatic carbocycles. The minimum atomic E-state index is -3.63. The molecular formula is C24H34N4O3S. The quantitative estimate of drug-likeness (QED) is 0.462. The number of rotatable bonds is 11. The second kappa shape index (κ2) is 10.6. The molecule has 2 aromatic heterocycles. The second-order valence-electron chi connectivity index (χ2n) is 8.45. The fourth-order valence-corrected chi connectivity index (χ4v) is 5.67. The Balaban J connectivity index is 1.83. The molecule has 0 amide bonds. The van der Waals surface area contributed by atoms with E-state index in [0.717, 1.165) is 34.5 Å². The van der Waals surface area contributed by atoms with Crippen LogP contribution >= 0.6 is 0 Å². The first-order chi connectivity index (χ1) is 15.3. The SMILES string of the molecule is CCOC[C@H](CC(C)C)N(CC)S(=O)(=O)c1ccc(Cc2nccc3[nH]c(C)nc23)cc1. The van der Waals surface area contributed by atoms with E-state index in [4.69, 9.17) is 4.74 Å². The average Bonchev–Trinajstić information content (AvgIpc) is 3.13. The van der Waals surface area contributed by atoms with Crippen LogP contribution in [0.1, 0.15) is 51.2 Å². The van der Waals surface area contributed by atoms with Gasteiger partial charge in [0.1, 0.15) is 11.3 Å². The van der Waals surface area contributed by atoms with Crippen LogP contribution in [0.5, 0.6) is 0 Å². The van der Waals surface area contributed by atoms with Crippen molar-refractivity contribution < 1.29 is 13.2 Å². The molecule has 0 saturated carbocycles. The van der Waals surface area contributed by atoms with Crippen molar-refractivity contribution in [2.75, 3.05) is 19.8 Å². The molecule has 32 heavy (non-hydrogen) atoms. The molecule has 0 aliphatic carbocycles.